The Balaban J connectivity index is 2.24. The van der Waals surface area contributed by atoms with Crippen molar-refractivity contribution in [3.05, 3.63) is 23.8 Å². The minimum absolute atomic E-state index is 0.257. The van der Waals surface area contributed by atoms with Crippen molar-refractivity contribution < 1.29 is 14.6 Å². The molecule has 0 aliphatic rings. The second-order valence-electron chi connectivity index (χ2n) is 4.52. The number of aromatic carboxylic acids is 1. The molecule has 2 rings (SSSR count). The minimum Gasteiger partial charge on any atom is -0.478 e. The van der Waals surface area contributed by atoms with E-state index in [-0.39, 0.29) is 5.56 Å². The molecule has 0 bridgehead atoms. The van der Waals surface area contributed by atoms with E-state index in [2.05, 4.69) is 12.0 Å². The second-order valence-corrected chi connectivity index (χ2v) is 4.52. The third-order valence-corrected chi connectivity index (χ3v) is 3.05. The van der Waals surface area contributed by atoms with Crippen LogP contribution in [0.25, 0.3) is 10.9 Å². The number of ether oxygens (including phenoxy) is 1. The molecule has 0 saturated carbocycles. The molecule has 0 fully saturated rings. The van der Waals surface area contributed by atoms with E-state index in [0.717, 1.165) is 30.2 Å². The van der Waals surface area contributed by atoms with E-state index in [0.29, 0.717) is 12.5 Å². The molecular formula is C14H18N2O3. The van der Waals surface area contributed by atoms with Gasteiger partial charge in [0.25, 0.3) is 0 Å². The maximum Gasteiger partial charge on any atom is 0.335 e. The Morgan fingerprint density at radius 2 is 2.21 bits per heavy atom. The molecule has 0 unspecified atom stereocenters. The number of fused-ring (bicyclic) bond motifs is 1. The minimum atomic E-state index is -0.937. The molecule has 0 radical (unpaired) electrons. The van der Waals surface area contributed by atoms with Crippen molar-refractivity contribution in [2.45, 2.75) is 26.2 Å². The van der Waals surface area contributed by atoms with Gasteiger partial charge in [0.2, 0.25) is 5.88 Å². The van der Waals surface area contributed by atoms with Gasteiger partial charge in [0.15, 0.2) is 0 Å². The number of carboxylic acids is 1. The molecule has 0 aliphatic heterocycles. The van der Waals surface area contributed by atoms with E-state index in [1.807, 2.05) is 0 Å². The summed E-state index contributed by atoms with van der Waals surface area (Å²) in [4.78, 5) is 10.9. The highest BCUT2D eigenvalue weighted by Crippen LogP contribution is 2.25. The lowest BCUT2D eigenvalue weighted by Gasteiger charge is -2.02. The fourth-order valence-corrected chi connectivity index (χ4v) is 1.98. The van der Waals surface area contributed by atoms with Gasteiger partial charge in [-0.05, 0) is 24.6 Å². The van der Waals surface area contributed by atoms with E-state index in [1.54, 1.807) is 29.9 Å². The SMILES string of the molecule is CCCCCOc1nn(C)c2cc(C(=O)O)ccc12. The molecule has 0 aliphatic carbocycles. The van der Waals surface area contributed by atoms with E-state index in [4.69, 9.17) is 9.84 Å². The van der Waals surface area contributed by atoms with Gasteiger partial charge >= 0.3 is 5.97 Å². The van der Waals surface area contributed by atoms with Crippen molar-refractivity contribution in [3.8, 4) is 5.88 Å². The van der Waals surface area contributed by atoms with Crippen molar-refractivity contribution in [2.75, 3.05) is 6.61 Å². The van der Waals surface area contributed by atoms with Crippen LogP contribution in [0.2, 0.25) is 0 Å². The van der Waals surface area contributed by atoms with E-state index >= 15 is 0 Å². The molecule has 0 atom stereocenters. The number of unbranched alkanes of at least 4 members (excludes halogenated alkanes) is 2. The Kier molecular flexibility index (Phi) is 4.04. The van der Waals surface area contributed by atoms with Crippen LogP contribution in [0, 0.1) is 0 Å². The lowest BCUT2D eigenvalue weighted by Crippen LogP contribution is -1.98. The predicted molar refractivity (Wildman–Crippen MR) is 72.7 cm³/mol. The highest BCUT2D eigenvalue weighted by Gasteiger charge is 2.12. The van der Waals surface area contributed by atoms with Gasteiger partial charge in [-0.2, -0.15) is 0 Å². The largest absolute Gasteiger partial charge is 0.478 e. The third-order valence-electron chi connectivity index (χ3n) is 3.05. The molecule has 5 heteroatoms. The van der Waals surface area contributed by atoms with Crippen molar-refractivity contribution in [2.24, 2.45) is 7.05 Å². The zero-order valence-electron chi connectivity index (χ0n) is 11.2. The average molecular weight is 262 g/mol. The van der Waals surface area contributed by atoms with Crippen LogP contribution >= 0.6 is 0 Å². The molecule has 0 saturated heterocycles. The standard InChI is InChI=1S/C14H18N2O3/c1-3-4-5-8-19-13-11-7-6-10(14(17)18)9-12(11)16(2)15-13/h6-7,9H,3-5,8H2,1-2H3,(H,17,18). The number of aryl methyl sites for hydroxylation is 1. The van der Waals surface area contributed by atoms with Gasteiger partial charge in [-0.3, -0.25) is 4.68 Å². The van der Waals surface area contributed by atoms with Crippen LogP contribution in [-0.4, -0.2) is 27.5 Å². The zero-order chi connectivity index (χ0) is 13.8. The number of carboxylic acid groups (broad SMARTS) is 1. The van der Waals surface area contributed by atoms with Crippen LogP contribution in [0.15, 0.2) is 18.2 Å². The predicted octanol–water partition coefficient (Wildman–Crippen LogP) is 2.84. The van der Waals surface area contributed by atoms with Gasteiger partial charge in [-0.25, -0.2) is 4.79 Å². The van der Waals surface area contributed by atoms with Crippen molar-refractivity contribution in [1.82, 2.24) is 9.78 Å². The number of hydrogen-bond acceptors (Lipinski definition) is 3. The van der Waals surface area contributed by atoms with Crippen molar-refractivity contribution >= 4 is 16.9 Å². The average Bonchev–Trinajstić information content (AvgIpc) is 2.71. The normalized spacial score (nSPS) is 10.8. The summed E-state index contributed by atoms with van der Waals surface area (Å²) in [5.74, 6) is -0.362. The summed E-state index contributed by atoms with van der Waals surface area (Å²) in [5.41, 5.74) is 1.03. The maximum absolute atomic E-state index is 10.9. The molecule has 1 N–H and O–H groups in total. The van der Waals surface area contributed by atoms with Gasteiger partial charge in [0.05, 0.1) is 23.1 Å². The Morgan fingerprint density at radius 1 is 1.42 bits per heavy atom. The maximum atomic E-state index is 10.9. The Bertz CT molecular complexity index is 590. The molecule has 5 nitrogen and oxygen atoms in total. The van der Waals surface area contributed by atoms with Gasteiger partial charge in [-0.15, -0.1) is 5.10 Å². The van der Waals surface area contributed by atoms with Crippen LogP contribution in [0.1, 0.15) is 36.5 Å². The lowest BCUT2D eigenvalue weighted by molar-refractivity contribution is 0.0697. The van der Waals surface area contributed by atoms with Gasteiger partial charge < -0.3 is 9.84 Å². The molecule has 0 spiro atoms. The number of carbonyl (C=O) groups is 1. The molecule has 102 valence electrons. The van der Waals surface area contributed by atoms with Crippen LogP contribution in [0.4, 0.5) is 0 Å². The number of hydrogen-bond donors (Lipinski definition) is 1. The molecule has 1 heterocycles. The summed E-state index contributed by atoms with van der Waals surface area (Å²) < 4.78 is 7.31. The molecule has 2 aromatic rings. The topological polar surface area (TPSA) is 64.4 Å². The number of nitrogens with zero attached hydrogens (tertiary/aromatic N) is 2. The second kappa shape index (κ2) is 5.73. The number of benzene rings is 1. The van der Waals surface area contributed by atoms with Crippen molar-refractivity contribution in [1.29, 1.82) is 0 Å². The molecule has 0 amide bonds. The summed E-state index contributed by atoms with van der Waals surface area (Å²) in [6, 6.07) is 4.94. The lowest BCUT2D eigenvalue weighted by atomic mass is 10.1. The quantitative estimate of drug-likeness (QED) is 0.813. The van der Waals surface area contributed by atoms with Crippen LogP contribution < -0.4 is 4.74 Å². The number of rotatable bonds is 6. The monoisotopic (exact) mass is 262 g/mol. The summed E-state index contributed by atoms with van der Waals surface area (Å²) >= 11 is 0. The molecule has 1 aromatic carbocycles. The van der Waals surface area contributed by atoms with E-state index in [1.165, 1.54) is 0 Å². The summed E-state index contributed by atoms with van der Waals surface area (Å²) in [6.45, 7) is 2.78. The fraction of sp³-hybridized carbons (Fsp3) is 0.429. The van der Waals surface area contributed by atoms with Crippen LogP contribution in [0.3, 0.4) is 0 Å². The Labute approximate surface area is 111 Å². The highest BCUT2D eigenvalue weighted by molar-refractivity contribution is 5.94. The highest BCUT2D eigenvalue weighted by atomic mass is 16.5. The zero-order valence-corrected chi connectivity index (χ0v) is 11.2. The van der Waals surface area contributed by atoms with Gasteiger partial charge in [0, 0.05) is 7.05 Å². The third kappa shape index (κ3) is 2.86. The molecular weight excluding hydrogens is 244 g/mol. The summed E-state index contributed by atoms with van der Waals surface area (Å²) in [5, 5.41) is 14.1. The first kappa shape index (κ1) is 13.4. The van der Waals surface area contributed by atoms with Gasteiger partial charge in [0.1, 0.15) is 0 Å². The van der Waals surface area contributed by atoms with Gasteiger partial charge in [-0.1, -0.05) is 19.8 Å². The van der Waals surface area contributed by atoms with Crippen molar-refractivity contribution in [3.63, 3.8) is 0 Å². The van der Waals surface area contributed by atoms with Crippen LogP contribution in [-0.2, 0) is 7.05 Å². The Hall–Kier alpha value is -2.04. The molecule has 1 aromatic heterocycles. The fourth-order valence-electron chi connectivity index (χ4n) is 1.98. The number of aromatic nitrogens is 2. The van der Waals surface area contributed by atoms with E-state index in [9.17, 15) is 4.79 Å². The van der Waals surface area contributed by atoms with Crippen LogP contribution in [0.5, 0.6) is 5.88 Å². The first-order chi connectivity index (χ1) is 9.13. The first-order valence-electron chi connectivity index (χ1n) is 6.46. The summed E-state index contributed by atoms with van der Waals surface area (Å²) in [6.07, 6.45) is 3.28. The Morgan fingerprint density at radius 3 is 2.89 bits per heavy atom. The first-order valence-corrected chi connectivity index (χ1v) is 6.46. The molecule has 19 heavy (non-hydrogen) atoms. The summed E-state index contributed by atoms with van der Waals surface area (Å²) in [7, 11) is 1.78. The van der Waals surface area contributed by atoms with E-state index < -0.39 is 5.97 Å². The smallest absolute Gasteiger partial charge is 0.335 e.